The molecule has 0 unspecified atom stereocenters. The molecule has 0 atom stereocenters. The number of hydrogen-bond acceptors (Lipinski definition) is 1. The topological polar surface area (TPSA) is 12.0 Å². The van der Waals surface area contributed by atoms with E-state index < -0.39 is 17.8 Å². The van der Waals surface area contributed by atoms with Gasteiger partial charge in [-0.25, -0.2) is 13.2 Å². The predicted octanol–water partition coefficient (Wildman–Crippen LogP) is 2.79. The normalized spacial score (nSPS) is 11.0. The smallest absolute Gasteiger partial charge is 0.266 e. The fourth-order valence-corrected chi connectivity index (χ4v) is 1.41. The van der Waals surface area contributed by atoms with Gasteiger partial charge in [0.1, 0.15) is 5.82 Å². The molecular weight excluding hydrogens is 191 g/mol. The van der Waals surface area contributed by atoms with E-state index in [1.165, 1.54) is 6.92 Å². The Kier molecular flexibility index (Phi) is 3.52. The van der Waals surface area contributed by atoms with E-state index in [1.807, 2.05) is 0 Å². The molecule has 0 radical (unpaired) electrons. The van der Waals surface area contributed by atoms with E-state index in [9.17, 15) is 13.2 Å². The molecule has 0 spiro atoms. The van der Waals surface area contributed by atoms with Crippen molar-refractivity contribution in [3.05, 3.63) is 34.6 Å². The van der Waals surface area contributed by atoms with Gasteiger partial charge >= 0.3 is 0 Å². The highest BCUT2D eigenvalue weighted by molar-refractivity contribution is 5.33. The number of rotatable bonds is 3. The maximum absolute atomic E-state index is 13.2. The van der Waals surface area contributed by atoms with E-state index in [0.717, 1.165) is 6.07 Å². The van der Waals surface area contributed by atoms with Crippen molar-refractivity contribution in [1.82, 2.24) is 5.32 Å². The molecule has 1 aromatic carbocycles. The first-order valence-corrected chi connectivity index (χ1v) is 4.28. The highest BCUT2D eigenvalue weighted by Gasteiger charge is 2.16. The molecule has 0 bridgehead atoms. The van der Waals surface area contributed by atoms with Gasteiger partial charge in [-0.05, 0) is 31.2 Å². The lowest BCUT2D eigenvalue weighted by atomic mass is 10.0. The Labute approximate surface area is 80.9 Å². The minimum absolute atomic E-state index is 0.297. The van der Waals surface area contributed by atoms with Gasteiger partial charge in [-0.2, -0.15) is 0 Å². The Morgan fingerprint density at radius 3 is 2.43 bits per heavy atom. The van der Waals surface area contributed by atoms with Crippen LogP contribution in [-0.2, 0) is 6.54 Å². The summed E-state index contributed by atoms with van der Waals surface area (Å²) in [4.78, 5) is 0. The monoisotopic (exact) mass is 203 g/mol. The van der Waals surface area contributed by atoms with Crippen LogP contribution in [0.1, 0.15) is 23.1 Å². The number of alkyl halides is 2. The zero-order chi connectivity index (χ0) is 10.7. The van der Waals surface area contributed by atoms with E-state index in [4.69, 9.17) is 0 Å². The number of nitrogens with one attached hydrogen (secondary N) is 1. The Hall–Kier alpha value is -1.03. The molecule has 0 heterocycles. The van der Waals surface area contributed by atoms with Crippen LogP contribution >= 0.6 is 0 Å². The summed E-state index contributed by atoms with van der Waals surface area (Å²) in [5.74, 6) is -0.828. The van der Waals surface area contributed by atoms with Gasteiger partial charge in [0.25, 0.3) is 6.43 Å². The Bertz CT molecular complexity index is 300. The minimum Gasteiger partial charge on any atom is -0.316 e. The number of benzene rings is 1. The van der Waals surface area contributed by atoms with Crippen LogP contribution in [0.25, 0.3) is 0 Å². The zero-order valence-electron chi connectivity index (χ0n) is 8.07. The summed E-state index contributed by atoms with van der Waals surface area (Å²) in [6.45, 7) is 1.96. The van der Waals surface area contributed by atoms with Gasteiger partial charge in [0.15, 0.2) is 0 Å². The third-order valence-corrected chi connectivity index (χ3v) is 2.00. The van der Waals surface area contributed by atoms with Crippen molar-refractivity contribution in [3.63, 3.8) is 0 Å². The van der Waals surface area contributed by atoms with Gasteiger partial charge in [0.05, 0.1) is 5.56 Å². The average molecular weight is 203 g/mol. The van der Waals surface area contributed by atoms with Crippen molar-refractivity contribution in [3.8, 4) is 0 Å². The summed E-state index contributed by atoms with van der Waals surface area (Å²) in [5, 5.41) is 2.83. The second kappa shape index (κ2) is 4.46. The van der Waals surface area contributed by atoms with Gasteiger partial charge in [0, 0.05) is 6.54 Å². The van der Waals surface area contributed by atoms with Crippen LogP contribution in [0.2, 0.25) is 0 Å². The molecule has 0 saturated carbocycles. The van der Waals surface area contributed by atoms with Crippen LogP contribution in [0.3, 0.4) is 0 Å². The lowest BCUT2D eigenvalue weighted by molar-refractivity contribution is 0.145. The second-order valence-corrected chi connectivity index (χ2v) is 3.14. The fraction of sp³-hybridized carbons (Fsp3) is 0.400. The molecular formula is C10H12F3N. The molecule has 1 nitrogen and oxygen atoms in total. The van der Waals surface area contributed by atoms with Crippen LogP contribution < -0.4 is 5.32 Å². The van der Waals surface area contributed by atoms with Gasteiger partial charge in [-0.15, -0.1) is 0 Å². The Morgan fingerprint density at radius 1 is 1.36 bits per heavy atom. The van der Waals surface area contributed by atoms with Crippen molar-refractivity contribution < 1.29 is 13.2 Å². The van der Waals surface area contributed by atoms with Crippen molar-refractivity contribution in [1.29, 1.82) is 0 Å². The van der Waals surface area contributed by atoms with Gasteiger partial charge in [0.2, 0.25) is 0 Å². The molecule has 0 aliphatic carbocycles. The zero-order valence-corrected chi connectivity index (χ0v) is 8.07. The molecule has 1 rings (SSSR count). The molecule has 0 fully saturated rings. The number of aryl methyl sites for hydroxylation is 1. The summed E-state index contributed by atoms with van der Waals surface area (Å²) in [6, 6.07) is 2.71. The number of halogens is 3. The summed E-state index contributed by atoms with van der Waals surface area (Å²) >= 11 is 0. The predicted molar refractivity (Wildman–Crippen MR) is 48.9 cm³/mol. The summed E-state index contributed by atoms with van der Waals surface area (Å²) in [5.41, 5.74) is 0.474. The highest BCUT2D eigenvalue weighted by atomic mass is 19.3. The molecule has 78 valence electrons. The van der Waals surface area contributed by atoms with Gasteiger partial charge in [-0.1, -0.05) is 6.07 Å². The lowest BCUT2D eigenvalue weighted by Gasteiger charge is -2.09. The van der Waals surface area contributed by atoms with Crippen LogP contribution in [0, 0.1) is 12.7 Å². The van der Waals surface area contributed by atoms with Crippen LogP contribution in [0.15, 0.2) is 12.1 Å². The maximum Gasteiger partial charge on any atom is 0.266 e. The Morgan fingerprint density at radius 2 is 2.00 bits per heavy atom. The highest BCUT2D eigenvalue weighted by Crippen LogP contribution is 2.26. The lowest BCUT2D eigenvalue weighted by Crippen LogP contribution is -2.07. The summed E-state index contributed by atoms with van der Waals surface area (Å²) in [6.07, 6.45) is -2.75. The van der Waals surface area contributed by atoms with Crippen molar-refractivity contribution >= 4 is 0 Å². The first-order chi connectivity index (χ1) is 6.56. The molecule has 0 amide bonds. The molecule has 1 N–H and O–H groups in total. The van der Waals surface area contributed by atoms with E-state index in [2.05, 4.69) is 5.32 Å². The van der Waals surface area contributed by atoms with Gasteiger partial charge in [-0.3, -0.25) is 0 Å². The van der Waals surface area contributed by atoms with Crippen molar-refractivity contribution in [2.45, 2.75) is 19.9 Å². The molecule has 0 aromatic heterocycles. The van der Waals surface area contributed by atoms with Crippen molar-refractivity contribution in [2.24, 2.45) is 0 Å². The van der Waals surface area contributed by atoms with Crippen LogP contribution in [-0.4, -0.2) is 7.05 Å². The Balaban J connectivity index is 3.11. The van der Waals surface area contributed by atoms with E-state index in [1.54, 1.807) is 13.1 Å². The largest absolute Gasteiger partial charge is 0.316 e. The standard InChI is InChI=1S/C10H12F3N/c1-6-3-7(5-14-2)4-8(11)9(6)10(12)13/h3-4,10,14H,5H2,1-2H3. The van der Waals surface area contributed by atoms with Crippen LogP contribution in [0.5, 0.6) is 0 Å². The first kappa shape index (κ1) is 11.0. The SMILES string of the molecule is CNCc1cc(C)c(C(F)F)c(F)c1. The van der Waals surface area contributed by atoms with E-state index in [0.29, 0.717) is 17.7 Å². The maximum atomic E-state index is 13.2. The van der Waals surface area contributed by atoms with E-state index in [-0.39, 0.29) is 0 Å². The average Bonchev–Trinajstić information content (AvgIpc) is 2.01. The quantitative estimate of drug-likeness (QED) is 0.796. The van der Waals surface area contributed by atoms with E-state index >= 15 is 0 Å². The molecule has 0 aliphatic rings. The molecule has 0 saturated heterocycles. The summed E-state index contributed by atoms with van der Waals surface area (Å²) < 4.78 is 37.9. The number of hydrogen-bond donors (Lipinski definition) is 1. The third kappa shape index (κ3) is 2.26. The first-order valence-electron chi connectivity index (χ1n) is 4.28. The van der Waals surface area contributed by atoms with Gasteiger partial charge < -0.3 is 5.32 Å². The third-order valence-electron chi connectivity index (χ3n) is 2.00. The molecule has 0 aliphatic heterocycles. The molecule has 4 heteroatoms. The minimum atomic E-state index is -2.75. The fourth-order valence-electron chi connectivity index (χ4n) is 1.41. The van der Waals surface area contributed by atoms with Crippen molar-refractivity contribution in [2.75, 3.05) is 7.05 Å². The van der Waals surface area contributed by atoms with Crippen LogP contribution in [0.4, 0.5) is 13.2 Å². The summed E-state index contributed by atoms with van der Waals surface area (Å²) in [7, 11) is 1.72. The second-order valence-electron chi connectivity index (χ2n) is 3.14. The molecule has 14 heavy (non-hydrogen) atoms. The molecule has 1 aromatic rings.